The van der Waals surface area contributed by atoms with E-state index in [0.29, 0.717) is 10.9 Å². The molecule has 0 aromatic heterocycles. The summed E-state index contributed by atoms with van der Waals surface area (Å²) in [6, 6.07) is 41.3. The van der Waals surface area contributed by atoms with E-state index in [9.17, 15) is 4.79 Å². The van der Waals surface area contributed by atoms with E-state index < -0.39 is 5.97 Å². The maximum absolute atomic E-state index is 13.2. The van der Waals surface area contributed by atoms with Crippen molar-refractivity contribution in [3.63, 3.8) is 0 Å². The number of hydrogen-bond donors (Lipinski definition) is 0. The average molecular weight is 540 g/mol. The third kappa shape index (κ3) is 5.20. The molecule has 6 heteroatoms. The Hall–Kier alpha value is -5.23. The molecule has 41 heavy (non-hydrogen) atoms. The van der Waals surface area contributed by atoms with Crippen LogP contribution in [0.5, 0.6) is 0 Å². The fourth-order valence-electron chi connectivity index (χ4n) is 5.13. The second kappa shape index (κ2) is 11.5. The molecule has 1 aliphatic heterocycles. The molecule has 4 aromatic carbocycles. The molecule has 0 N–H and O–H groups in total. The Kier molecular flexibility index (Phi) is 7.28. The molecule has 4 aromatic rings. The number of carbonyl (C=O) groups is 1. The first-order chi connectivity index (χ1) is 20.2. The van der Waals surface area contributed by atoms with Crippen LogP contribution in [-0.4, -0.2) is 28.6 Å². The Morgan fingerprint density at radius 1 is 0.780 bits per heavy atom. The van der Waals surface area contributed by atoms with Gasteiger partial charge in [-0.3, -0.25) is 0 Å². The van der Waals surface area contributed by atoms with E-state index in [1.54, 1.807) is 16.9 Å². The molecule has 1 heterocycles. The SMILES string of the molecule is CCN(CC)c1ccc2nc3cc/c(=[N+](\OC(=O)c4ccccc4)c4ccccc4)cc-3n(-c3ccccc3)c2c1. The summed E-state index contributed by atoms with van der Waals surface area (Å²) in [5.41, 5.74) is 7.01. The normalized spacial score (nSPS) is 11.9. The van der Waals surface area contributed by atoms with Crippen LogP contribution >= 0.6 is 0 Å². The van der Waals surface area contributed by atoms with E-state index >= 15 is 0 Å². The van der Waals surface area contributed by atoms with Gasteiger partial charge in [0, 0.05) is 53.5 Å². The van der Waals surface area contributed by atoms with Gasteiger partial charge in [-0.2, -0.15) is 4.84 Å². The molecule has 0 amide bonds. The van der Waals surface area contributed by atoms with Gasteiger partial charge in [-0.1, -0.05) is 54.6 Å². The topological polar surface area (TPSA) is 50.4 Å². The Morgan fingerprint density at radius 3 is 2.12 bits per heavy atom. The van der Waals surface area contributed by atoms with Gasteiger partial charge in [-0.25, -0.2) is 9.78 Å². The largest absolute Gasteiger partial charge is 0.411 e. The number of carbonyl (C=O) groups excluding carboxylic acids is 1. The number of rotatable bonds is 7. The van der Waals surface area contributed by atoms with Gasteiger partial charge < -0.3 is 9.47 Å². The summed E-state index contributed by atoms with van der Waals surface area (Å²) < 4.78 is 3.82. The summed E-state index contributed by atoms with van der Waals surface area (Å²) in [6.07, 6.45) is 0. The number of fused-ring (bicyclic) bond motifs is 2. The van der Waals surface area contributed by atoms with Gasteiger partial charge in [0.1, 0.15) is 0 Å². The first-order valence-corrected chi connectivity index (χ1v) is 13.9. The monoisotopic (exact) mass is 539 g/mol. The predicted molar refractivity (Wildman–Crippen MR) is 164 cm³/mol. The van der Waals surface area contributed by atoms with Crippen LogP contribution in [-0.2, 0) is 4.84 Å². The first kappa shape index (κ1) is 26.0. The van der Waals surface area contributed by atoms with Crippen molar-refractivity contribution in [1.29, 1.82) is 0 Å². The van der Waals surface area contributed by atoms with Gasteiger partial charge in [0.25, 0.3) is 11.0 Å². The highest BCUT2D eigenvalue weighted by Crippen LogP contribution is 2.30. The third-order valence-electron chi connectivity index (χ3n) is 7.19. The summed E-state index contributed by atoms with van der Waals surface area (Å²) in [6.45, 7) is 6.16. The van der Waals surface area contributed by atoms with Crippen LogP contribution in [0.1, 0.15) is 24.2 Å². The molecule has 6 nitrogen and oxygen atoms in total. The number of para-hydroxylation sites is 2. The molecule has 0 spiro atoms. The Balaban J connectivity index is 1.64. The molecule has 202 valence electrons. The van der Waals surface area contributed by atoms with Crippen LogP contribution in [0.3, 0.4) is 0 Å². The third-order valence-corrected chi connectivity index (χ3v) is 7.19. The molecule has 0 radical (unpaired) electrons. The maximum Gasteiger partial charge on any atom is 0.411 e. The number of anilines is 1. The highest BCUT2D eigenvalue weighted by atomic mass is 16.7. The second-order valence-corrected chi connectivity index (χ2v) is 9.68. The van der Waals surface area contributed by atoms with Crippen LogP contribution in [0, 0.1) is 0 Å². The minimum Gasteiger partial charge on any atom is -0.372 e. The zero-order valence-corrected chi connectivity index (χ0v) is 23.1. The summed E-state index contributed by atoms with van der Waals surface area (Å²) in [4.78, 5) is 26.6. The van der Waals surface area contributed by atoms with Gasteiger partial charge in [-0.05, 0) is 62.4 Å². The summed E-state index contributed by atoms with van der Waals surface area (Å²) >= 11 is 0. The summed E-state index contributed by atoms with van der Waals surface area (Å²) in [7, 11) is 0. The van der Waals surface area contributed by atoms with Gasteiger partial charge >= 0.3 is 5.97 Å². The van der Waals surface area contributed by atoms with E-state index in [4.69, 9.17) is 9.82 Å². The van der Waals surface area contributed by atoms with Gasteiger partial charge in [-0.15, -0.1) is 0 Å². The number of aromatic nitrogens is 2. The van der Waals surface area contributed by atoms with E-state index in [2.05, 4.69) is 53.6 Å². The fraction of sp³-hybridized carbons (Fsp3) is 0.114. The molecule has 6 rings (SSSR count). The van der Waals surface area contributed by atoms with Crippen LogP contribution in [0.15, 0.2) is 127 Å². The van der Waals surface area contributed by atoms with Crippen LogP contribution < -0.4 is 15.0 Å². The molecule has 0 unspecified atom stereocenters. The lowest BCUT2D eigenvalue weighted by atomic mass is 10.1. The molecule has 0 atom stereocenters. The zero-order valence-electron chi connectivity index (χ0n) is 23.1. The van der Waals surface area contributed by atoms with Gasteiger partial charge in [0.05, 0.1) is 28.0 Å². The standard InChI is InChI=1S/C35H31N4O2/c1-3-37(4-2)29-20-22-31-33(24-29)38(27-16-10-6-11-17-27)34-25-30(21-23-32(34)36-31)39(28-18-12-7-13-19-28)41-35(40)26-14-8-5-9-15-26/h5-25H,3-4H2,1-2H3/q+1. The Bertz CT molecular complexity index is 1840. The van der Waals surface area contributed by atoms with E-state index in [-0.39, 0.29) is 0 Å². The maximum atomic E-state index is 13.2. The van der Waals surface area contributed by atoms with Crippen molar-refractivity contribution in [2.24, 2.45) is 0 Å². The van der Waals surface area contributed by atoms with Crippen LogP contribution in [0.25, 0.3) is 28.1 Å². The van der Waals surface area contributed by atoms with Crippen molar-refractivity contribution in [1.82, 2.24) is 14.3 Å². The number of benzene rings is 5. The summed E-state index contributed by atoms with van der Waals surface area (Å²) in [5, 5.41) is 0.707. The lowest BCUT2D eigenvalue weighted by Crippen LogP contribution is -2.29. The molecule has 0 saturated heterocycles. The highest BCUT2D eigenvalue weighted by molar-refractivity contribution is 5.89. The van der Waals surface area contributed by atoms with Crippen LogP contribution in [0.2, 0.25) is 0 Å². The highest BCUT2D eigenvalue weighted by Gasteiger charge is 2.23. The first-order valence-electron chi connectivity index (χ1n) is 13.9. The minimum atomic E-state index is -0.439. The van der Waals surface area contributed by atoms with Crippen molar-refractivity contribution in [2.75, 3.05) is 18.0 Å². The number of hydrogen-bond acceptors (Lipinski definition) is 4. The minimum absolute atomic E-state index is 0.439. The van der Waals surface area contributed by atoms with Crippen molar-refractivity contribution in [2.45, 2.75) is 13.8 Å². The van der Waals surface area contributed by atoms with Crippen LogP contribution in [0.4, 0.5) is 11.4 Å². The molecule has 1 aliphatic carbocycles. The fourth-order valence-corrected chi connectivity index (χ4v) is 5.13. The summed E-state index contributed by atoms with van der Waals surface area (Å²) in [5.74, 6) is -0.439. The zero-order chi connectivity index (χ0) is 28.2. The van der Waals surface area contributed by atoms with Gasteiger partial charge in [0.15, 0.2) is 0 Å². The van der Waals surface area contributed by atoms with Crippen molar-refractivity contribution in [3.8, 4) is 17.1 Å². The Morgan fingerprint density at radius 2 is 1.44 bits per heavy atom. The van der Waals surface area contributed by atoms with E-state index in [1.807, 2.05) is 84.9 Å². The molecule has 0 fully saturated rings. The lowest BCUT2D eigenvalue weighted by Gasteiger charge is -2.23. The molecular weight excluding hydrogens is 508 g/mol. The van der Waals surface area contributed by atoms with Crippen molar-refractivity contribution < 1.29 is 9.63 Å². The molecule has 2 aliphatic rings. The second-order valence-electron chi connectivity index (χ2n) is 9.68. The van der Waals surface area contributed by atoms with Crippen molar-refractivity contribution in [3.05, 3.63) is 138 Å². The van der Waals surface area contributed by atoms with E-state index in [0.717, 1.165) is 52.6 Å². The molecule has 0 bridgehead atoms. The Labute approximate surface area is 239 Å². The number of nitrogens with zero attached hydrogens (tertiary/aromatic N) is 4. The quantitative estimate of drug-likeness (QED) is 0.0963. The smallest absolute Gasteiger partial charge is 0.372 e. The average Bonchev–Trinajstić information content (AvgIpc) is 3.04. The van der Waals surface area contributed by atoms with E-state index in [1.165, 1.54) is 0 Å². The lowest BCUT2D eigenvalue weighted by molar-refractivity contribution is 0.0209. The molecule has 0 saturated carbocycles. The molecular formula is C35H31N4O2+. The van der Waals surface area contributed by atoms with Crippen molar-refractivity contribution >= 4 is 28.4 Å². The van der Waals surface area contributed by atoms with Gasteiger partial charge in [0.2, 0.25) is 0 Å². The predicted octanol–water partition coefficient (Wildman–Crippen LogP) is 6.85.